The molecule has 0 radical (unpaired) electrons. The van der Waals surface area contributed by atoms with E-state index in [0.29, 0.717) is 17.8 Å². The van der Waals surface area contributed by atoms with Gasteiger partial charge in [-0.2, -0.15) is 0 Å². The van der Waals surface area contributed by atoms with Gasteiger partial charge in [0.05, 0.1) is 0 Å². The van der Waals surface area contributed by atoms with E-state index in [0.717, 1.165) is 17.5 Å². The molecule has 2 fully saturated rings. The summed E-state index contributed by atoms with van der Waals surface area (Å²) in [4.78, 5) is 13.2. The second-order valence-corrected chi connectivity index (χ2v) is 9.70. The van der Waals surface area contributed by atoms with Crippen molar-refractivity contribution in [1.29, 1.82) is 0 Å². The monoisotopic (exact) mass is 384 g/mol. The van der Waals surface area contributed by atoms with Crippen LogP contribution in [0.2, 0.25) is 0 Å². The van der Waals surface area contributed by atoms with Gasteiger partial charge in [-0.1, -0.05) is 63.6 Å². The van der Waals surface area contributed by atoms with Crippen LogP contribution in [-0.4, -0.2) is 20.0 Å². The first kappa shape index (κ1) is 21.3. The summed E-state index contributed by atoms with van der Waals surface area (Å²) in [6, 6.07) is 7.65. The van der Waals surface area contributed by atoms with Crippen molar-refractivity contribution in [2.75, 3.05) is 14.2 Å². The van der Waals surface area contributed by atoms with Crippen LogP contribution in [0, 0.1) is 22.7 Å². The molecule has 28 heavy (non-hydrogen) atoms. The van der Waals surface area contributed by atoms with Gasteiger partial charge in [0, 0.05) is 31.8 Å². The highest BCUT2D eigenvalue weighted by atomic mass is 16.7. The molecule has 0 spiro atoms. The number of methoxy groups -OCH3 is 2. The van der Waals surface area contributed by atoms with Crippen LogP contribution in [0.5, 0.6) is 0 Å². The fourth-order valence-electron chi connectivity index (χ4n) is 6.15. The lowest BCUT2D eigenvalue weighted by atomic mass is 9.47. The van der Waals surface area contributed by atoms with E-state index in [1.807, 2.05) is 24.3 Å². The highest BCUT2D eigenvalue weighted by Gasteiger charge is 2.53. The van der Waals surface area contributed by atoms with Crippen LogP contribution in [0.25, 0.3) is 0 Å². The average Bonchev–Trinajstić information content (AvgIpc) is 2.65. The normalized spacial score (nSPS) is 29.6. The number of carbonyl (C=O) groups excluding carboxylic acids is 1. The van der Waals surface area contributed by atoms with Crippen molar-refractivity contribution in [2.45, 2.75) is 65.6 Å². The molecule has 154 valence electrons. The fourth-order valence-corrected chi connectivity index (χ4v) is 6.15. The first-order valence-corrected chi connectivity index (χ1v) is 10.6. The number of carbonyl (C=O) groups is 1. The van der Waals surface area contributed by atoms with Crippen molar-refractivity contribution >= 4 is 5.78 Å². The molecule has 0 aliphatic heterocycles. The number of rotatable bonds is 6. The molecule has 1 aromatic carbocycles. The van der Waals surface area contributed by atoms with Gasteiger partial charge in [0.15, 0.2) is 12.1 Å². The van der Waals surface area contributed by atoms with Crippen LogP contribution in [-0.2, 0) is 9.47 Å². The topological polar surface area (TPSA) is 35.5 Å². The number of ether oxygens (including phenoxy) is 2. The van der Waals surface area contributed by atoms with Crippen LogP contribution in [0.15, 0.2) is 36.4 Å². The molecule has 2 aliphatic carbocycles. The molecule has 2 aliphatic rings. The summed E-state index contributed by atoms with van der Waals surface area (Å²) in [5, 5.41) is 0. The van der Waals surface area contributed by atoms with Gasteiger partial charge in [-0.05, 0) is 48.3 Å². The van der Waals surface area contributed by atoms with Gasteiger partial charge >= 0.3 is 0 Å². The van der Waals surface area contributed by atoms with E-state index < -0.39 is 6.29 Å². The number of Topliss-reactive ketones (excluding diaryl/α,β-unsaturated/α-hetero) is 1. The van der Waals surface area contributed by atoms with Crippen molar-refractivity contribution in [2.24, 2.45) is 22.7 Å². The second kappa shape index (κ2) is 8.12. The Labute approximate surface area is 170 Å². The van der Waals surface area contributed by atoms with Crippen LogP contribution in [0.1, 0.15) is 81.5 Å². The largest absolute Gasteiger partial charge is 0.352 e. The third-order valence-corrected chi connectivity index (χ3v) is 7.64. The SMILES string of the molecule is C=C1CC[C@H]2C(C)(C)CCC[C@]2(C)[C@H]1CC(=O)c1ccc(C(OC)OC)cc1. The van der Waals surface area contributed by atoms with Crippen molar-refractivity contribution in [1.82, 2.24) is 0 Å². The molecule has 3 rings (SSSR count). The Morgan fingerprint density at radius 2 is 1.79 bits per heavy atom. The van der Waals surface area contributed by atoms with Crippen molar-refractivity contribution in [3.63, 3.8) is 0 Å². The van der Waals surface area contributed by atoms with E-state index in [9.17, 15) is 4.79 Å². The summed E-state index contributed by atoms with van der Waals surface area (Å²) >= 11 is 0. The maximum Gasteiger partial charge on any atom is 0.183 e. The van der Waals surface area contributed by atoms with E-state index in [1.54, 1.807) is 14.2 Å². The molecule has 3 nitrogen and oxygen atoms in total. The zero-order chi connectivity index (χ0) is 20.5. The van der Waals surface area contributed by atoms with E-state index >= 15 is 0 Å². The number of hydrogen-bond donors (Lipinski definition) is 0. The molecule has 0 amide bonds. The minimum Gasteiger partial charge on any atom is -0.352 e. The molecule has 0 N–H and O–H groups in total. The number of benzene rings is 1. The Morgan fingerprint density at radius 1 is 1.14 bits per heavy atom. The Balaban J connectivity index is 1.79. The summed E-state index contributed by atoms with van der Waals surface area (Å²) in [5.41, 5.74) is 3.50. The maximum absolute atomic E-state index is 13.2. The molecule has 0 aromatic heterocycles. The maximum atomic E-state index is 13.2. The summed E-state index contributed by atoms with van der Waals surface area (Å²) in [6.45, 7) is 11.7. The quantitative estimate of drug-likeness (QED) is 0.326. The predicted octanol–water partition coefficient (Wildman–Crippen LogP) is 6.35. The Morgan fingerprint density at radius 3 is 2.39 bits per heavy atom. The molecule has 0 bridgehead atoms. The molecule has 2 saturated carbocycles. The first-order valence-electron chi connectivity index (χ1n) is 10.6. The molecule has 0 saturated heterocycles. The number of ketones is 1. The van der Waals surface area contributed by atoms with Gasteiger partial charge in [-0.25, -0.2) is 0 Å². The molecule has 3 heteroatoms. The van der Waals surface area contributed by atoms with Gasteiger partial charge < -0.3 is 9.47 Å². The molecule has 0 unspecified atom stereocenters. The van der Waals surface area contributed by atoms with Crippen LogP contribution < -0.4 is 0 Å². The highest BCUT2D eigenvalue weighted by Crippen LogP contribution is 2.61. The summed E-state index contributed by atoms with van der Waals surface area (Å²) in [6.07, 6.45) is 6.21. The van der Waals surface area contributed by atoms with Crippen LogP contribution in [0.3, 0.4) is 0 Å². The van der Waals surface area contributed by atoms with Gasteiger partial charge in [-0.15, -0.1) is 0 Å². The number of allylic oxidation sites excluding steroid dienone is 1. The predicted molar refractivity (Wildman–Crippen MR) is 113 cm³/mol. The standard InChI is InChI=1S/C25H36O3/c1-17-8-13-22-24(2,3)14-7-15-25(22,4)20(17)16-21(26)18-9-11-19(12-10-18)23(27-5)28-6/h9-12,20,22-23H,1,7-8,13-16H2,2-6H3/t20-,22-,25+/m0/s1. The third-order valence-electron chi connectivity index (χ3n) is 7.64. The lowest BCUT2D eigenvalue weighted by molar-refractivity contribution is -0.106. The third kappa shape index (κ3) is 3.84. The van der Waals surface area contributed by atoms with E-state index in [4.69, 9.17) is 9.47 Å². The summed E-state index contributed by atoms with van der Waals surface area (Å²) < 4.78 is 10.6. The minimum absolute atomic E-state index is 0.184. The van der Waals surface area contributed by atoms with Crippen LogP contribution >= 0.6 is 0 Å². The lowest BCUT2D eigenvalue weighted by Gasteiger charge is -2.58. The zero-order valence-electron chi connectivity index (χ0n) is 18.2. The Hall–Kier alpha value is -1.45. The molecule has 3 atom stereocenters. The van der Waals surface area contributed by atoms with E-state index in [-0.39, 0.29) is 17.1 Å². The van der Waals surface area contributed by atoms with E-state index in [1.165, 1.54) is 31.3 Å². The summed E-state index contributed by atoms with van der Waals surface area (Å²) in [7, 11) is 3.23. The molecule has 1 aromatic rings. The van der Waals surface area contributed by atoms with E-state index in [2.05, 4.69) is 27.4 Å². The summed E-state index contributed by atoms with van der Waals surface area (Å²) in [5.74, 6) is 1.17. The van der Waals surface area contributed by atoms with Crippen molar-refractivity contribution in [3.8, 4) is 0 Å². The first-order chi connectivity index (χ1) is 13.2. The van der Waals surface area contributed by atoms with Crippen LogP contribution in [0.4, 0.5) is 0 Å². The van der Waals surface area contributed by atoms with Gasteiger partial charge in [0.2, 0.25) is 0 Å². The smallest absolute Gasteiger partial charge is 0.183 e. The average molecular weight is 385 g/mol. The van der Waals surface area contributed by atoms with Gasteiger partial charge in [0.25, 0.3) is 0 Å². The minimum atomic E-state index is -0.397. The Kier molecular flexibility index (Phi) is 6.17. The second-order valence-electron chi connectivity index (χ2n) is 9.70. The van der Waals surface area contributed by atoms with Gasteiger partial charge in [0.1, 0.15) is 0 Å². The highest BCUT2D eigenvalue weighted by molar-refractivity contribution is 5.96. The van der Waals surface area contributed by atoms with Crippen molar-refractivity contribution in [3.05, 3.63) is 47.5 Å². The molecular weight excluding hydrogens is 348 g/mol. The number of hydrogen-bond acceptors (Lipinski definition) is 3. The number of fused-ring (bicyclic) bond motifs is 1. The molecule has 0 heterocycles. The zero-order valence-corrected chi connectivity index (χ0v) is 18.2. The fraction of sp³-hybridized carbons (Fsp3) is 0.640. The molecular formula is C25H36O3. The lowest BCUT2D eigenvalue weighted by Crippen LogP contribution is -2.49. The Bertz CT molecular complexity index is 714. The van der Waals surface area contributed by atoms with Crippen molar-refractivity contribution < 1.29 is 14.3 Å². The van der Waals surface area contributed by atoms with Gasteiger partial charge in [-0.3, -0.25) is 4.79 Å².